The minimum absolute atomic E-state index is 0.0450. The topological polar surface area (TPSA) is 86.8 Å². The van der Waals surface area contributed by atoms with Gasteiger partial charge in [0.15, 0.2) is 0 Å². The molecule has 1 fully saturated rings. The first-order valence-corrected chi connectivity index (χ1v) is 17.5. The minimum Gasteiger partial charge on any atom is -0.352 e. The summed E-state index contributed by atoms with van der Waals surface area (Å²) in [5.41, 5.74) is 3.69. The summed E-state index contributed by atoms with van der Waals surface area (Å²) in [6, 6.07) is 29.5. The second kappa shape index (κ2) is 15.0. The molecule has 0 bridgehead atoms. The van der Waals surface area contributed by atoms with Gasteiger partial charge < -0.3 is 10.2 Å². The standard InChI is InChI=1S/C37H40ClN3O4S/c1-27-16-22-33(23-17-27)46(44,45)41(34-15-9-6-10-28(34)2)26-36(42)40(25-30-18-20-31(38)21-19-30)35(24-29-11-4-3-5-12-29)37(43)39-32-13-7-8-14-32/h3-6,9-12,15-23,32,35H,7-8,13-14,24-26H2,1-2H3,(H,39,43)/t35-/m0/s1. The lowest BCUT2D eigenvalue weighted by atomic mass is 10.0. The summed E-state index contributed by atoms with van der Waals surface area (Å²) in [5, 5.41) is 3.75. The van der Waals surface area contributed by atoms with Crippen LogP contribution >= 0.6 is 11.6 Å². The summed E-state index contributed by atoms with van der Waals surface area (Å²) in [4.78, 5) is 30.3. The highest BCUT2D eigenvalue weighted by molar-refractivity contribution is 7.92. The van der Waals surface area contributed by atoms with Crippen molar-refractivity contribution in [3.05, 3.63) is 130 Å². The van der Waals surface area contributed by atoms with E-state index in [1.807, 2.05) is 68.4 Å². The number of aryl methyl sites for hydroxylation is 2. The summed E-state index contributed by atoms with van der Waals surface area (Å²) in [6.45, 7) is 3.31. The molecular weight excluding hydrogens is 618 g/mol. The van der Waals surface area contributed by atoms with Crippen molar-refractivity contribution < 1.29 is 18.0 Å². The van der Waals surface area contributed by atoms with Crippen LogP contribution in [0.1, 0.15) is 47.9 Å². The van der Waals surface area contributed by atoms with Gasteiger partial charge in [0.1, 0.15) is 12.6 Å². The second-order valence-electron chi connectivity index (χ2n) is 12.0. The van der Waals surface area contributed by atoms with Gasteiger partial charge in [-0.05, 0) is 73.7 Å². The molecule has 1 N–H and O–H groups in total. The Morgan fingerprint density at radius 1 is 0.826 bits per heavy atom. The maximum absolute atomic E-state index is 14.6. The first-order chi connectivity index (χ1) is 22.1. The molecule has 240 valence electrons. The SMILES string of the molecule is Cc1ccc(S(=O)(=O)N(CC(=O)N(Cc2ccc(Cl)cc2)[C@@H](Cc2ccccc2)C(=O)NC2CCCC2)c2ccccc2C)cc1. The van der Waals surface area contributed by atoms with Gasteiger partial charge in [0.05, 0.1) is 10.6 Å². The van der Waals surface area contributed by atoms with E-state index in [4.69, 9.17) is 11.6 Å². The van der Waals surface area contributed by atoms with Crippen molar-refractivity contribution in [2.75, 3.05) is 10.8 Å². The van der Waals surface area contributed by atoms with Crippen LogP contribution in [-0.4, -0.2) is 43.8 Å². The number of benzene rings is 4. The number of nitrogens with one attached hydrogen (secondary N) is 1. The monoisotopic (exact) mass is 657 g/mol. The van der Waals surface area contributed by atoms with Crippen LogP contribution in [0, 0.1) is 13.8 Å². The summed E-state index contributed by atoms with van der Waals surface area (Å²) in [7, 11) is -4.16. The highest BCUT2D eigenvalue weighted by atomic mass is 35.5. The molecule has 1 aliphatic rings. The van der Waals surface area contributed by atoms with Crippen molar-refractivity contribution in [3.8, 4) is 0 Å². The van der Waals surface area contributed by atoms with Crippen LogP contribution in [0.15, 0.2) is 108 Å². The fourth-order valence-corrected chi connectivity index (χ4v) is 7.51. The van der Waals surface area contributed by atoms with Crippen LogP contribution in [0.25, 0.3) is 0 Å². The van der Waals surface area contributed by atoms with Crippen LogP contribution in [0.5, 0.6) is 0 Å². The lowest BCUT2D eigenvalue weighted by molar-refractivity contribution is -0.140. The first kappa shape index (κ1) is 33.2. The molecule has 0 radical (unpaired) electrons. The molecule has 2 amide bonds. The summed E-state index contributed by atoms with van der Waals surface area (Å²) < 4.78 is 29.6. The Labute approximate surface area is 277 Å². The summed E-state index contributed by atoms with van der Waals surface area (Å²) >= 11 is 6.18. The van der Waals surface area contributed by atoms with E-state index in [1.54, 1.807) is 48.5 Å². The maximum atomic E-state index is 14.6. The fourth-order valence-electron chi connectivity index (χ4n) is 5.90. The van der Waals surface area contributed by atoms with Crippen molar-refractivity contribution in [1.82, 2.24) is 10.2 Å². The number of halogens is 1. The van der Waals surface area contributed by atoms with Crippen LogP contribution in [-0.2, 0) is 32.6 Å². The van der Waals surface area contributed by atoms with Gasteiger partial charge in [-0.1, -0.05) is 103 Å². The molecule has 4 aromatic carbocycles. The number of hydrogen-bond donors (Lipinski definition) is 1. The number of sulfonamides is 1. The van der Waals surface area contributed by atoms with E-state index in [0.717, 1.165) is 42.4 Å². The lowest BCUT2D eigenvalue weighted by Gasteiger charge is -2.34. The molecule has 0 aromatic heterocycles. The van der Waals surface area contributed by atoms with Crippen LogP contribution in [0.3, 0.4) is 0 Å². The Morgan fingerprint density at radius 2 is 1.46 bits per heavy atom. The Kier molecular flexibility index (Phi) is 10.8. The zero-order valence-electron chi connectivity index (χ0n) is 26.2. The first-order valence-electron chi connectivity index (χ1n) is 15.6. The zero-order chi connectivity index (χ0) is 32.7. The van der Waals surface area contributed by atoms with Crippen LogP contribution in [0.2, 0.25) is 5.02 Å². The van der Waals surface area contributed by atoms with Gasteiger partial charge in [0.25, 0.3) is 10.0 Å². The number of carbonyl (C=O) groups excluding carboxylic acids is 2. The van der Waals surface area contributed by atoms with Gasteiger partial charge in [0.2, 0.25) is 11.8 Å². The van der Waals surface area contributed by atoms with Gasteiger partial charge in [-0.2, -0.15) is 0 Å². The van der Waals surface area contributed by atoms with Gasteiger partial charge in [0, 0.05) is 24.0 Å². The highest BCUT2D eigenvalue weighted by Crippen LogP contribution is 2.28. The highest BCUT2D eigenvalue weighted by Gasteiger charge is 2.36. The number of hydrogen-bond acceptors (Lipinski definition) is 4. The van der Waals surface area contributed by atoms with Crippen LogP contribution in [0.4, 0.5) is 5.69 Å². The normalized spacial score (nSPS) is 14.1. The predicted octanol–water partition coefficient (Wildman–Crippen LogP) is 6.85. The Morgan fingerprint density at radius 3 is 2.11 bits per heavy atom. The van der Waals surface area contributed by atoms with Gasteiger partial charge in [-0.3, -0.25) is 13.9 Å². The van der Waals surface area contributed by atoms with Crippen LogP contribution < -0.4 is 9.62 Å². The van der Waals surface area contributed by atoms with Crippen molar-refractivity contribution in [2.24, 2.45) is 0 Å². The third-order valence-electron chi connectivity index (χ3n) is 8.51. The third kappa shape index (κ3) is 8.17. The molecule has 1 saturated carbocycles. The van der Waals surface area contributed by atoms with E-state index in [0.29, 0.717) is 16.3 Å². The van der Waals surface area contributed by atoms with Gasteiger partial charge >= 0.3 is 0 Å². The smallest absolute Gasteiger partial charge is 0.264 e. The van der Waals surface area contributed by atoms with E-state index in [2.05, 4.69) is 5.32 Å². The number of anilines is 1. The number of nitrogens with zero attached hydrogens (tertiary/aromatic N) is 2. The molecule has 1 atom stereocenters. The quantitative estimate of drug-likeness (QED) is 0.181. The Balaban J connectivity index is 1.57. The molecular formula is C37H40ClN3O4S. The van der Waals surface area contributed by atoms with Gasteiger partial charge in [-0.25, -0.2) is 8.42 Å². The predicted molar refractivity (Wildman–Crippen MR) is 183 cm³/mol. The molecule has 46 heavy (non-hydrogen) atoms. The fraction of sp³-hybridized carbons (Fsp3) is 0.297. The van der Waals surface area contributed by atoms with Crippen molar-refractivity contribution in [1.29, 1.82) is 0 Å². The molecule has 4 aromatic rings. The van der Waals surface area contributed by atoms with E-state index in [-0.39, 0.29) is 29.8 Å². The van der Waals surface area contributed by atoms with E-state index in [1.165, 1.54) is 9.21 Å². The third-order valence-corrected chi connectivity index (χ3v) is 10.5. The number of carbonyl (C=O) groups is 2. The lowest BCUT2D eigenvalue weighted by Crippen LogP contribution is -2.54. The Hall–Kier alpha value is -4.14. The van der Waals surface area contributed by atoms with E-state index in [9.17, 15) is 18.0 Å². The molecule has 0 unspecified atom stereocenters. The molecule has 7 nitrogen and oxygen atoms in total. The Bertz CT molecular complexity index is 1740. The average molecular weight is 658 g/mol. The molecule has 0 aliphatic heterocycles. The van der Waals surface area contributed by atoms with Crippen molar-refractivity contribution >= 4 is 39.1 Å². The largest absolute Gasteiger partial charge is 0.352 e. The van der Waals surface area contributed by atoms with E-state index < -0.39 is 28.5 Å². The molecule has 0 heterocycles. The molecule has 5 rings (SSSR count). The maximum Gasteiger partial charge on any atom is 0.264 e. The molecule has 9 heteroatoms. The summed E-state index contributed by atoms with van der Waals surface area (Å²) in [6.07, 6.45) is 4.15. The average Bonchev–Trinajstić information content (AvgIpc) is 3.56. The molecule has 0 spiro atoms. The molecule has 0 saturated heterocycles. The van der Waals surface area contributed by atoms with Crippen molar-refractivity contribution in [3.63, 3.8) is 0 Å². The zero-order valence-corrected chi connectivity index (χ0v) is 27.8. The summed E-state index contributed by atoms with van der Waals surface area (Å²) in [5.74, 6) is -0.738. The van der Waals surface area contributed by atoms with Gasteiger partial charge in [-0.15, -0.1) is 0 Å². The minimum atomic E-state index is -4.16. The number of para-hydroxylation sites is 1. The van der Waals surface area contributed by atoms with E-state index >= 15 is 0 Å². The molecule has 1 aliphatic carbocycles. The number of rotatable bonds is 12. The second-order valence-corrected chi connectivity index (χ2v) is 14.3. The van der Waals surface area contributed by atoms with Crippen molar-refractivity contribution in [2.45, 2.75) is 69.5 Å². The number of amides is 2.